The van der Waals surface area contributed by atoms with Crippen molar-refractivity contribution in [1.82, 2.24) is 19.6 Å². The molecule has 0 saturated carbocycles. The summed E-state index contributed by atoms with van der Waals surface area (Å²) in [4.78, 5) is 15.2. The zero-order valence-electron chi connectivity index (χ0n) is 14.1. The topological polar surface area (TPSA) is 50.6 Å². The summed E-state index contributed by atoms with van der Waals surface area (Å²) in [5.41, 5.74) is -0.556. The third-order valence-electron chi connectivity index (χ3n) is 3.47. The minimum absolute atomic E-state index is 0.355. The van der Waals surface area contributed by atoms with Gasteiger partial charge >= 0.3 is 6.09 Å². The molecule has 1 aromatic rings. The van der Waals surface area contributed by atoms with Gasteiger partial charge in [0.15, 0.2) is 0 Å². The first-order valence-corrected chi connectivity index (χ1v) is 8.59. The molecular formula is C15H23BrF2N4O2. The molecule has 0 radical (unpaired) electrons. The average molecular weight is 409 g/mol. The van der Waals surface area contributed by atoms with Crippen LogP contribution in [0.1, 0.15) is 20.8 Å². The lowest BCUT2D eigenvalue weighted by Gasteiger charge is -2.36. The van der Waals surface area contributed by atoms with Gasteiger partial charge in [0, 0.05) is 32.4 Å². The van der Waals surface area contributed by atoms with Crippen LogP contribution in [-0.4, -0.2) is 69.9 Å². The quantitative estimate of drug-likeness (QED) is 0.768. The van der Waals surface area contributed by atoms with E-state index in [2.05, 4.69) is 21.0 Å². The van der Waals surface area contributed by atoms with Crippen molar-refractivity contribution in [2.45, 2.75) is 38.8 Å². The van der Waals surface area contributed by atoms with Gasteiger partial charge in [-0.2, -0.15) is 5.10 Å². The van der Waals surface area contributed by atoms with Gasteiger partial charge in [-0.25, -0.2) is 13.6 Å². The highest BCUT2D eigenvalue weighted by Crippen LogP contribution is 2.20. The van der Waals surface area contributed by atoms with Crippen molar-refractivity contribution >= 4 is 22.0 Å². The van der Waals surface area contributed by atoms with E-state index in [-0.39, 0.29) is 6.54 Å². The Morgan fingerprint density at radius 2 is 1.88 bits per heavy atom. The summed E-state index contributed by atoms with van der Waals surface area (Å²) in [7, 11) is 0. The van der Waals surface area contributed by atoms with Gasteiger partial charge in [-0.05, 0) is 36.7 Å². The van der Waals surface area contributed by atoms with Crippen LogP contribution in [0, 0.1) is 0 Å². The molecule has 1 aliphatic heterocycles. The summed E-state index contributed by atoms with van der Waals surface area (Å²) in [5, 5.41) is 3.87. The maximum Gasteiger partial charge on any atom is 0.410 e. The van der Waals surface area contributed by atoms with Crippen LogP contribution < -0.4 is 0 Å². The molecule has 0 N–H and O–H groups in total. The van der Waals surface area contributed by atoms with E-state index in [1.807, 2.05) is 0 Å². The Balaban J connectivity index is 1.80. The Labute approximate surface area is 148 Å². The predicted molar refractivity (Wildman–Crippen MR) is 89.1 cm³/mol. The molecule has 0 atom stereocenters. The fourth-order valence-electron chi connectivity index (χ4n) is 2.45. The van der Waals surface area contributed by atoms with Gasteiger partial charge in [-0.3, -0.25) is 9.58 Å². The van der Waals surface area contributed by atoms with E-state index in [1.54, 1.807) is 30.6 Å². The van der Waals surface area contributed by atoms with Gasteiger partial charge < -0.3 is 9.64 Å². The first-order valence-electron chi connectivity index (χ1n) is 7.80. The number of alkyl halides is 2. The van der Waals surface area contributed by atoms with Gasteiger partial charge in [0.25, 0.3) is 5.92 Å². The highest BCUT2D eigenvalue weighted by molar-refractivity contribution is 9.10. The number of piperazine rings is 1. The van der Waals surface area contributed by atoms with Crippen molar-refractivity contribution in [3.05, 3.63) is 16.9 Å². The molecule has 136 valence electrons. The number of carbonyl (C=O) groups excluding carboxylic acids is 1. The number of amides is 1. The van der Waals surface area contributed by atoms with Crippen LogP contribution in [0.25, 0.3) is 0 Å². The molecule has 2 heterocycles. The Bertz CT molecular complexity index is 566. The molecule has 1 aliphatic rings. The Hall–Kier alpha value is -1.22. The Morgan fingerprint density at radius 3 is 2.38 bits per heavy atom. The first-order chi connectivity index (χ1) is 11.0. The lowest BCUT2D eigenvalue weighted by Crippen LogP contribution is -2.52. The number of aromatic nitrogens is 2. The number of halogens is 3. The molecule has 6 nitrogen and oxygen atoms in total. The van der Waals surface area contributed by atoms with E-state index in [0.717, 1.165) is 0 Å². The molecule has 24 heavy (non-hydrogen) atoms. The van der Waals surface area contributed by atoms with E-state index in [9.17, 15) is 13.6 Å². The van der Waals surface area contributed by atoms with E-state index >= 15 is 0 Å². The molecule has 0 bridgehead atoms. The van der Waals surface area contributed by atoms with Gasteiger partial charge in [0.2, 0.25) is 0 Å². The summed E-state index contributed by atoms with van der Waals surface area (Å²) >= 11 is 3.19. The lowest BCUT2D eigenvalue weighted by atomic mass is 10.2. The average Bonchev–Trinajstić information content (AvgIpc) is 2.81. The highest BCUT2D eigenvalue weighted by Gasteiger charge is 2.35. The van der Waals surface area contributed by atoms with Crippen LogP contribution in [0.15, 0.2) is 16.9 Å². The highest BCUT2D eigenvalue weighted by atomic mass is 79.9. The molecule has 1 fully saturated rings. The molecule has 0 aliphatic carbocycles. The minimum atomic E-state index is -2.89. The fourth-order valence-corrected chi connectivity index (χ4v) is 2.78. The Morgan fingerprint density at radius 1 is 1.25 bits per heavy atom. The molecule has 0 unspecified atom stereocenters. The van der Waals surface area contributed by atoms with Crippen LogP contribution in [0.4, 0.5) is 13.6 Å². The molecular weight excluding hydrogens is 386 g/mol. The molecule has 2 rings (SSSR count). The number of hydrogen-bond acceptors (Lipinski definition) is 4. The van der Waals surface area contributed by atoms with Crippen LogP contribution in [0.3, 0.4) is 0 Å². The first kappa shape index (κ1) is 19.1. The maximum atomic E-state index is 14.2. The molecule has 9 heteroatoms. The largest absolute Gasteiger partial charge is 0.444 e. The van der Waals surface area contributed by atoms with Gasteiger partial charge in [-0.15, -0.1) is 0 Å². The molecule has 1 saturated heterocycles. The summed E-state index contributed by atoms with van der Waals surface area (Å²) < 4.78 is 35.5. The van der Waals surface area contributed by atoms with Crippen molar-refractivity contribution in [1.29, 1.82) is 0 Å². The minimum Gasteiger partial charge on any atom is -0.444 e. The van der Waals surface area contributed by atoms with E-state index in [4.69, 9.17) is 4.74 Å². The van der Waals surface area contributed by atoms with Gasteiger partial charge in [0.05, 0.1) is 17.2 Å². The molecule has 0 spiro atoms. The second-order valence-electron chi connectivity index (χ2n) is 6.96. The van der Waals surface area contributed by atoms with Crippen molar-refractivity contribution in [2.24, 2.45) is 0 Å². The van der Waals surface area contributed by atoms with Crippen molar-refractivity contribution in [3.8, 4) is 0 Å². The summed E-state index contributed by atoms with van der Waals surface area (Å²) in [6, 6.07) is 0. The number of nitrogens with zero attached hydrogens (tertiary/aromatic N) is 4. The van der Waals surface area contributed by atoms with E-state index < -0.39 is 24.2 Å². The molecule has 1 aromatic heterocycles. The van der Waals surface area contributed by atoms with Crippen LogP contribution in [-0.2, 0) is 11.3 Å². The summed E-state index contributed by atoms with van der Waals surface area (Å²) in [6.45, 7) is 6.16. The van der Waals surface area contributed by atoms with E-state index in [0.29, 0.717) is 30.7 Å². The van der Waals surface area contributed by atoms with Crippen LogP contribution in [0.5, 0.6) is 0 Å². The zero-order chi connectivity index (χ0) is 18.0. The monoisotopic (exact) mass is 408 g/mol. The van der Waals surface area contributed by atoms with Crippen molar-refractivity contribution in [2.75, 3.05) is 32.7 Å². The van der Waals surface area contributed by atoms with Crippen LogP contribution >= 0.6 is 15.9 Å². The summed E-state index contributed by atoms with van der Waals surface area (Å²) in [6.07, 6.45) is 2.61. The summed E-state index contributed by atoms with van der Waals surface area (Å²) in [5.74, 6) is -2.89. The number of rotatable bonds is 4. The van der Waals surface area contributed by atoms with E-state index in [1.165, 1.54) is 17.1 Å². The molecule has 0 aromatic carbocycles. The van der Waals surface area contributed by atoms with Crippen molar-refractivity contribution in [3.63, 3.8) is 0 Å². The van der Waals surface area contributed by atoms with Gasteiger partial charge in [-0.1, -0.05) is 0 Å². The normalized spacial score (nSPS) is 17.2. The standard InChI is InChI=1S/C15H23BrF2N4O2/c1-14(2,3)24-13(23)21-6-4-20(5-7-21)10-15(17,18)11-22-9-12(16)8-19-22/h8-9H,4-7,10-11H2,1-3H3. The smallest absolute Gasteiger partial charge is 0.410 e. The Kier molecular flexibility index (Phi) is 5.85. The number of carbonyl (C=O) groups is 1. The lowest BCUT2D eigenvalue weighted by molar-refractivity contribution is -0.0576. The molecule has 1 amide bonds. The SMILES string of the molecule is CC(C)(C)OC(=O)N1CCN(CC(F)(F)Cn2cc(Br)cn2)CC1. The number of hydrogen-bond donors (Lipinski definition) is 0. The zero-order valence-corrected chi connectivity index (χ0v) is 15.7. The number of ether oxygens (including phenoxy) is 1. The van der Waals surface area contributed by atoms with Crippen molar-refractivity contribution < 1.29 is 18.3 Å². The maximum absolute atomic E-state index is 14.2. The second-order valence-corrected chi connectivity index (χ2v) is 7.87. The van der Waals surface area contributed by atoms with Crippen LogP contribution in [0.2, 0.25) is 0 Å². The third kappa shape index (κ3) is 6.01. The van der Waals surface area contributed by atoms with Gasteiger partial charge in [0.1, 0.15) is 12.1 Å². The predicted octanol–water partition coefficient (Wildman–Crippen LogP) is 2.83. The third-order valence-corrected chi connectivity index (χ3v) is 3.88. The second kappa shape index (κ2) is 7.35. The fraction of sp³-hybridized carbons (Fsp3) is 0.733.